The molecule has 0 saturated carbocycles. The van der Waals surface area contributed by atoms with Crippen LogP contribution in [-0.4, -0.2) is 44.9 Å². The molecule has 2 N–H and O–H groups in total. The Bertz CT molecular complexity index is 746. The number of carbonyl (C=O) groups is 2. The monoisotopic (exact) mass is 334 g/mol. The largest absolute Gasteiger partial charge is 0.481 e. The third-order valence-corrected chi connectivity index (χ3v) is 4.07. The maximum atomic E-state index is 12.1. The van der Waals surface area contributed by atoms with E-state index < -0.39 is 11.9 Å². The number of para-hydroxylation sites is 1. The number of aliphatic carboxylic acids is 1. The molecule has 1 aromatic carbocycles. The minimum absolute atomic E-state index is 0.215. The zero-order chi connectivity index (χ0) is 16.4. The Kier molecular flexibility index (Phi) is 4.20. The Hall–Kier alpha value is -2.54. The van der Waals surface area contributed by atoms with E-state index in [4.69, 9.17) is 16.7 Å². The summed E-state index contributed by atoms with van der Waals surface area (Å²) in [6.07, 6.45) is 2.16. The summed E-state index contributed by atoms with van der Waals surface area (Å²) >= 11 is 6.11. The van der Waals surface area contributed by atoms with Gasteiger partial charge in [0.2, 0.25) is 0 Å². The van der Waals surface area contributed by atoms with Gasteiger partial charge in [-0.25, -0.2) is 9.48 Å². The summed E-state index contributed by atoms with van der Waals surface area (Å²) in [5, 5.41) is 16.5. The molecule has 1 aromatic heterocycles. The number of carbonyl (C=O) groups excluding carboxylic acids is 1. The number of rotatable bonds is 3. The van der Waals surface area contributed by atoms with Crippen molar-refractivity contribution in [1.29, 1.82) is 0 Å². The number of aromatic nitrogens is 2. The lowest BCUT2D eigenvalue weighted by atomic mass is 10.1. The lowest BCUT2D eigenvalue weighted by Crippen LogP contribution is -2.33. The molecular weight excluding hydrogens is 320 g/mol. The number of urea groups is 1. The standard InChI is InChI=1S/C15H15ClN4O3/c16-11-3-1-2-4-12(11)20-8-6-13(18-20)17-15(23)19-7-5-10(9-19)14(21)22/h1-4,6,8,10H,5,7,9H2,(H,21,22)(H,17,18,23). The van der Waals surface area contributed by atoms with Crippen molar-refractivity contribution in [2.45, 2.75) is 6.42 Å². The summed E-state index contributed by atoms with van der Waals surface area (Å²) in [4.78, 5) is 24.6. The van der Waals surface area contributed by atoms with Gasteiger partial charge in [-0.05, 0) is 18.6 Å². The van der Waals surface area contributed by atoms with E-state index in [1.807, 2.05) is 18.2 Å². The molecular formula is C15H15ClN4O3. The third-order valence-electron chi connectivity index (χ3n) is 3.75. The van der Waals surface area contributed by atoms with Gasteiger partial charge in [0.25, 0.3) is 0 Å². The van der Waals surface area contributed by atoms with Crippen LogP contribution in [0.15, 0.2) is 36.5 Å². The van der Waals surface area contributed by atoms with Crippen molar-refractivity contribution in [3.63, 3.8) is 0 Å². The molecule has 2 heterocycles. The van der Waals surface area contributed by atoms with E-state index >= 15 is 0 Å². The first kappa shape index (κ1) is 15.4. The number of amides is 2. The summed E-state index contributed by atoms with van der Waals surface area (Å²) in [7, 11) is 0. The van der Waals surface area contributed by atoms with Gasteiger partial charge < -0.3 is 10.0 Å². The van der Waals surface area contributed by atoms with Gasteiger partial charge in [-0.2, -0.15) is 0 Å². The highest BCUT2D eigenvalue weighted by atomic mass is 35.5. The number of carboxylic acid groups (broad SMARTS) is 1. The van der Waals surface area contributed by atoms with Crippen LogP contribution in [-0.2, 0) is 4.79 Å². The van der Waals surface area contributed by atoms with Crippen LogP contribution in [0.25, 0.3) is 5.69 Å². The first-order valence-corrected chi connectivity index (χ1v) is 7.51. The van der Waals surface area contributed by atoms with Crippen LogP contribution in [0, 0.1) is 5.92 Å². The molecule has 1 aliphatic heterocycles. The van der Waals surface area contributed by atoms with Crippen LogP contribution in [0.5, 0.6) is 0 Å². The van der Waals surface area contributed by atoms with Crippen LogP contribution in [0.4, 0.5) is 10.6 Å². The van der Waals surface area contributed by atoms with E-state index in [1.165, 1.54) is 4.90 Å². The van der Waals surface area contributed by atoms with Gasteiger partial charge in [-0.15, -0.1) is 5.10 Å². The molecule has 2 aromatic rings. The molecule has 1 fully saturated rings. The van der Waals surface area contributed by atoms with Crippen LogP contribution >= 0.6 is 11.6 Å². The fraction of sp³-hybridized carbons (Fsp3) is 0.267. The van der Waals surface area contributed by atoms with E-state index in [1.54, 1.807) is 23.0 Å². The molecule has 23 heavy (non-hydrogen) atoms. The SMILES string of the molecule is O=C(O)C1CCN(C(=O)Nc2ccn(-c3ccccc3Cl)n2)C1. The maximum Gasteiger partial charge on any atom is 0.323 e. The average molecular weight is 335 g/mol. The zero-order valence-electron chi connectivity index (χ0n) is 12.1. The second-order valence-electron chi connectivity index (χ2n) is 5.30. The molecule has 1 unspecified atom stereocenters. The van der Waals surface area contributed by atoms with Gasteiger partial charge in [-0.3, -0.25) is 10.1 Å². The van der Waals surface area contributed by atoms with Gasteiger partial charge in [0.1, 0.15) is 0 Å². The van der Waals surface area contributed by atoms with E-state index in [-0.39, 0.29) is 12.6 Å². The van der Waals surface area contributed by atoms with Crippen molar-refractivity contribution in [2.24, 2.45) is 5.92 Å². The molecule has 8 heteroatoms. The van der Waals surface area contributed by atoms with Gasteiger partial charge >= 0.3 is 12.0 Å². The molecule has 1 saturated heterocycles. The molecule has 0 bridgehead atoms. The summed E-state index contributed by atoms with van der Waals surface area (Å²) < 4.78 is 1.57. The lowest BCUT2D eigenvalue weighted by molar-refractivity contribution is -0.141. The molecule has 120 valence electrons. The Balaban J connectivity index is 1.67. The van der Waals surface area contributed by atoms with Crippen molar-refractivity contribution in [3.8, 4) is 5.69 Å². The molecule has 1 atom stereocenters. The van der Waals surface area contributed by atoms with E-state index in [9.17, 15) is 9.59 Å². The van der Waals surface area contributed by atoms with Gasteiger partial charge in [-0.1, -0.05) is 23.7 Å². The minimum Gasteiger partial charge on any atom is -0.481 e. The quantitative estimate of drug-likeness (QED) is 0.902. The Morgan fingerprint density at radius 2 is 2.09 bits per heavy atom. The smallest absolute Gasteiger partial charge is 0.323 e. The second-order valence-corrected chi connectivity index (χ2v) is 5.70. The van der Waals surface area contributed by atoms with Crippen molar-refractivity contribution < 1.29 is 14.7 Å². The lowest BCUT2D eigenvalue weighted by Gasteiger charge is -2.15. The summed E-state index contributed by atoms with van der Waals surface area (Å²) in [5.74, 6) is -0.988. The fourth-order valence-corrected chi connectivity index (χ4v) is 2.72. The zero-order valence-corrected chi connectivity index (χ0v) is 12.9. The molecule has 0 spiro atoms. The van der Waals surface area contributed by atoms with E-state index in [0.717, 1.165) is 0 Å². The van der Waals surface area contributed by atoms with Crippen LogP contribution < -0.4 is 5.32 Å². The predicted octanol–water partition coefficient (Wildman–Crippen LogP) is 2.46. The number of benzene rings is 1. The van der Waals surface area contributed by atoms with Gasteiger partial charge in [0.05, 0.1) is 16.6 Å². The topological polar surface area (TPSA) is 87.5 Å². The molecule has 0 aliphatic carbocycles. The van der Waals surface area contributed by atoms with Crippen molar-refractivity contribution >= 4 is 29.4 Å². The first-order chi connectivity index (χ1) is 11.0. The van der Waals surface area contributed by atoms with Gasteiger partial charge in [0.15, 0.2) is 5.82 Å². The Labute approximate surface area is 137 Å². The average Bonchev–Trinajstić information content (AvgIpc) is 3.16. The van der Waals surface area contributed by atoms with Crippen molar-refractivity contribution in [1.82, 2.24) is 14.7 Å². The molecule has 3 rings (SSSR count). The molecule has 2 amide bonds. The van der Waals surface area contributed by atoms with Crippen LogP contribution in [0.3, 0.4) is 0 Å². The number of nitrogens with zero attached hydrogens (tertiary/aromatic N) is 3. The normalized spacial score (nSPS) is 17.3. The Morgan fingerprint density at radius 1 is 1.30 bits per heavy atom. The first-order valence-electron chi connectivity index (χ1n) is 7.14. The second kappa shape index (κ2) is 6.29. The highest BCUT2D eigenvalue weighted by Gasteiger charge is 2.31. The minimum atomic E-state index is -0.872. The summed E-state index contributed by atoms with van der Waals surface area (Å²) in [5.41, 5.74) is 0.710. The number of nitrogens with one attached hydrogen (secondary N) is 1. The Morgan fingerprint density at radius 3 is 2.78 bits per heavy atom. The third kappa shape index (κ3) is 3.29. The number of anilines is 1. The summed E-state index contributed by atoms with van der Waals surface area (Å²) in [6, 6.07) is 8.55. The molecule has 7 nitrogen and oxygen atoms in total. The summed E-state index contributed by atoms with van der Waals surface area (Å²) in [6.45, 7) is 0.639. The van der Waals surface area contributed by atoms with Crippen molar-refractivity contribution in [3.05, 3.63) is 41.6 Å². The van der Waals surface area contributed by atoms with Crippen LogP contribution in [0.2, 0.25) is 5.02 Å². The maximum absolute atomic E-state index is 12.1. The van der Waals surface area contributed by atoms with E-state index in [2.05, 4.69) is 10.4 Å². The van der Waals surface area contributed by atoms with Gasteiger partial charge in [0, 0.05) is 25.4 Å². The number of hydrogen-bond donors (Lipinski definition) is 2. The fourth-order valence-electron chi connectivity index (χ4n) is 2.50. The predicted molar refractivity (Wildman–Crippen MR) is 84.9 cm³/mol. The number of likely N-dealkylation sites (tertiary alicyclic amines) is 1. The highest BCUT2D eigenvalue weighted by Crippen LogP contribution is 2.21. The number of hydrogen-bond acceptors (Lipinski definition) is 3. The van der Waals surface area contributed by atoms with Crippen LogP contribution in [0.1, 0.15) is 6.42 Å². The number of carboxylic acids is 1. The number of halogens is 1. The van der Waals surface area contributed by atoms with E-state index in [0.29, 0.717) is 29.5 Å². The molecule has 0 radical (unpaired) electrons. The molecule has 1 aliphatic rings. The highest BCUT2D eigenvalue weighted by molar-refractivity contribution is 6.32. The van der Waals surface area contributed by atoms with Crippen molar-refractivity contribution in [2.75, 3.05) is 18.4 Å².